The van der Waals surface area contributed by atoms with E-state index in [0.717, 1.165) is 16.7 Å². The van der Waals surface area contributed by atoms with Gasteiger partial charge in [0.1, 0.15) is 0 Å². The van der Waals surface area contributed by atoms with Crippen molar-refractivity contribution in [1.82, 2.24) is 4.90 Å². The molecule has 2 aromatic carbocycles. The zero-order valence-corrected chi connectivity index (χ0v) is 17.1. The maximum Gasteiger partial charge on any atom is 0.229 e. The highest BCUT2D eigenvalue weighted by Crippen LogP contribution is 2.46. The van der Waals surface area contributed by atoms with Crippen molar-refractivity contribution < 1.29 is 28.5 Å². The first-order chi connectivity index (χ1) is 14.1. The Kier molecular flexibility index (Phi) is 5.00. The Labute approximate surface area is 170 Å². The van der Waals surface area contributed by atoms with Gasteiger partial charge in [0.15, 0.2) is 28.7 Å². The summed E-state index contributed by atoms with van der Waals surface area (Å²) < 4.78 is 28.0. The predicted octanol–water partition coefficient (Wildman–Crippen LogP) is 2.53. The van der Waals surface area contributed by atoms with Crippen molar-refractivity contribution in [3.63, 3.8) is 0 Å². The highest BCUT2D eigenvalue weighted by Gasteiger charge is 2.51. The normalized spacial score (nSPS) is 20.1. The molecule has 4 rings (SSSR count). The molecule has 0 saturated carbocycles. The van der Waals surface area contributed by atoms with E-state index in [4.69, 9.17) is 23.7 Å². The van der Waals surface area contributed by atoms with E-state index in [1.807, 2.05) is 35.2 Å². The lowest BCUT2D eigenvalue weighted by Gasteiger charge is -2.42. The van der Waals surface area contributed by atoms with Crippen LogP contribution in [0.2, 0.25) is 0 Å². The van der Waals surface area contributed by atoms with Crippen LogP contribution in [0.5, 0.6) is 23.0 Å². The van der Waals surface area contributed by atoms with Gasteiger partial charge in [-0.2, -0.15) is 0 Å². The minimum atomic E-state index is -0.885. The van der Waals surface area contributed by atoms with Crippen molar-refractivity contribution in [3.05, 3.63) is 47.0 Å². The van der Waals surface area contributed by atoms with Gasteiger partial charge >= 0.3 is 0 Å². The molecular formula is C22H25NO6. The number of amides is 1. The Morgan fingerprint density at radius 1 is 0.931 bits per heavy atom. The fraction of sp³-hybridized carbons (Fsp3) is 0.409. The molecule has 7 nitrogen and oxygen atoms in total. The molecule has 0 radical (unpaired) electrons. The average molecular weight is 399 g/mol. The molecule has 1 saturated heterocycles. The van der Waals surface area contributed by atoms with Crippen LogP contribution in [0.15, 0.2) is 30.3 Å². The lowest BCUT2D eigenvalue weighted by Crippen LogP contribution is -2.51. The number of hydrogen-bond acceptors (Lipinski definition) is 6. The number of ether oxygens (including phenoxy) is 5. The van der Waals surface area contributed by atoms with E-state index >= 15 is 0 Å². The van der Waals surface area contributed by atoms with Crippen molar-refractivity contribution in [2.75, 3.05) is 41.6 Å². The van der Waals surface area contributed by atoms with Crippen LogP contribution in [0.3, 0.4) is 0 Å². The lowest BCUT2D eigenvalue weighted by molar-refractivity contribution is -0.153. The molecule has 29 heavy (non-hydrogen) atoms. The molecule has 0 aliphatic carbocycles. The molecule has 0 bridgehead atoms. The number of rotatable bonds is 6. The van der Waals surface area contributed by atoms with Crippen LogP contribution in [-0.2, 0) is 28.1 Å². The van der Waals surface area contributed by atoms with Gasteiger partial charge < -0.3 is 28.6 Å². The number of carbonyl (C=O) groups excluding carboxylic acids is 1. The van der Waals surface area contributed by atoms with Crippen molar-refractivity contribution in [2.45, 2.75) is 18.6 Å². The zero-order valence-electron chi connectivity index (χ0n) is 17.1. The maximum absolute atomic E-state index is 12.9. The van der Waals surface area contributed by atoms with E-state index in [2.05, 4.69) is 0 Å². The molecule has 2 aliphatic rings. The summed E-state index contributed by atoms with van der Waals surface area (Å²) in [4.78, 5) is 14.8. The van der Waals surface area contributed by atoms with Gasteiger partial charge in [0.25, 0.3) is 0 Å². The Balaban J connectivity index is 1.84. The van der Waals surface area contributed by atoms with Gasteiger partial charge in [0.05, 0.1) is 41.5 Å². The van der Waals surface area contributed by atoms with Crippen LogP contribution in [0.4, 0.5) is 0 Å². The third-order valence-corrected chi connectivity index (χ3v) is 5.66. The predicted molar refractivity (Wildman–Crippen MR) is 106 cm³/mol. The molecule has 1 atom stereocenters. The Morgan fingerprint density at radius 3 is 2.28 bits per heavy atom. The summed E-state index contributed by atoms with van der Waals surface area (Å²) in [5.41, 5.74) is 1.92. The summed E-state index contributed by atoms with van der Waals surface area (Å²) >= 11 is 0. The minimum absolute atomic E-state index is 0.0442. The van der Waals surface area contributed by atoms with Crippen LogP contribution < -0.4 is 18.9 Å². The molecule has 0 aromatic heterocycles. The van der Waals surface area contributed by atoms with E-state index in [-0.39, 0.29) is 5.91 Å². The summed E-state index contributed by atoms with van der Waals surface area (Å²) in [5.74, 6) is 2.56. The van der Waals surface area contributed by atoms with Crippen LogP contribution in [0.1, 0.15) is 16.7 Å². The van der Waals surface area contributed by atoms with E-state index in [9.17, 15) is 4.79 Å². The summed E-state index contributed by atoms with van der Waals surface area (Å²) in [6.45, 7) is 1.03. The van der Waals surface area contributed by atoms with E-state index < -0.39 is 5.72 Å². The number of nitrogens with zero attached hydrogens (tertiary/aromatic N) is 1. The molecule has 2 aliphatic heterocycles. The molecule has 0 N–H and O–H groups in total. The number of fused-ring (bicyclic) bond motifs is 3. The zero-order chi connectivity index (χ0) is 20.6. The van der Waals surface area contributed by atoms with Gasteiger partial charge in [0.2, 0.25) is 5.91 Å². The van der Waals surface area contributed by atoms with Gasteiger partial charge in [0, 0.05) is 18.5 Å². The van der Waals surface area contributed by atoms with Gasteiger partial charge in [-0.05, 0) is 35.4 Å². The Morgan fingerprint density at radius 2 is 1.59 bits per heavy atom. The fourth-order valence-corrected chi connectivity index (χ4v) is 4.31. The van der Waals surface area contributed by atoms with Crippen molar-refractivity contribution in [1.29, 1.82) is 0 Å². The van der Waals surface area contributed by atoms with E-state index in [1.54, 1.807) is 28.4 Å². The first-order valence-corrected chi connectivity index (χ1v) is 9.47. The van der Waals surface area contributed by atoms with Gasteiger partial charge in [-0.1, -0.05) is 6.07 Å². The molecule has 7 heteroatoms. The van der Waals surface area contributed by atoms with Crippen LogP contribution >= 0.6 is 0 Å². The monoisotopic (exact) mass is 399 g/mol. The Hall–Kier alpha value is -2.93. The fourth-order valence-electron chi connectivity index (χ4n) is 4.31. The van der Waals surface area contributed by atoms with Gasteiger partial charge in [-0.15, -0.1) is 0 Å². The third-order valence-electron chi connectivity index (χ3n) is 5.66. The standard InChI is InChI=1S/C22H25NO6/c1-25-17-6-5-14(9-18(17)26-2)13-22-16-12-20(28-4)19(27-3)10-15(16)11-21(24)23(22)7-8-29-22/h5-6,9-10,12H,7-8,11,13H2,1-4H3/t22-/m1/s1. The smallest absolute Gasteiger partial charge is 0.229 e. The van der Waals surface area contributed by atoms with E-state index in [0.29, 0.717) is 49.0 Å². The topological polar surface area (TPSA) is 66.5 Å². The summed E-state index contributed by atoms with van der Waals surface area (Å²) in [5, 5.41) is 0. The highest BCUT2D eigenvalue weighted by molar-refractivity contribution is 5.83. The van der Waals surface area contributed by atoms with Crippen molar-refractivity contribution in [2.24, 2.45) is 0 Å². The summed E-state index contributed by atoms with van der Waals surface area (Å²) in [7, 11) is 6.40. The molecule has 154 valence electrons. The first-order valence-electron chi connectivity index (χ1n) is 9.47. The third kappa shape index (κ3) is 3.06. The summed E-state index contributed by atoms with van der Waals surface area (Å²) in [6, 6.07) is 9.56. The minimum Gasteiger partial charge on any atom is -0.493 e. The number of carbonyl (C=O) groups is 1. The van der Waals surface area contributed by atoms with Crippen LogP contribution in [0, 0.1) is 0 Å². The second-order valence-corrected chi connectivity index (χ2v) is 7.09. The first kappa shape index (κ1) is 19.4. The molecule has 2 aromatic rings. The van der Waals surface area contributed by atoms with Gasteiger partial charge in [-0.3, -0.25) is 4.79 Å². The lowest BCUT2D eigenvalue weighted by atomic mass is 9.85. The molecule has 1 fully saturated rings. The van der Waals surface area contributed by atoms with E-state index in [1.165, 1.54) is 0 Å². The van der Waals surface area contributed by atoms with Gasteiger partial charge in [-0.25, -0.2) is 0 Å². The number of benzene rings is 2. The quantitative estimate of drug-likeness (QED) is 0.744. The maximum atomic E-state index is 12.9. The highest BCUT2D eigenvalue weighted by atomic mass is 16.5. The second kappa shape index (κ2) is 7.48. The summed E-state index contributed by atoms with van der Waals surface area (Å²) in [6.07, 6.45) is 0.800. The molecule has 2 heterocycles. The average Bonchev–Trinajstić information content (AvgIpc) is 3.18. The molecule has 1 amide bonds. The molecular weight excluding hydrogens is 374 g/mol. The second-order valence-electron chi connectivity index (χ2n) is 7.09. The SMILES string of the molecule is COc1ccc(C[C@]23OCCN2C(=O)Cc2cc(OC)c(OC)cc23)cc1OC. The molecule has 0 spiro atoms. The van der Waals surface area contributed by atoms with Crippen LogP contribution in [0.25, 0.3) is 0 Å². The van der Waals surface area contributed by atoms with Crippen LogP contribution in [-0.4, -0.2) is 52.4 Å². The number of methoxy groups -OCH3 is 4. The van der Waals surface area contributed by atoms with Crippen molar-refractivity contribution in [3.8, 4) is 23.0 Å². The number of hydrogen-bond donors (Lipinski definition) is 0. The van der Waals surface area contributed by atoms with Crippen molar-refractivity contribution >= 4 is 5.91 Å². The largest absolute Gasteiger partial charge is 0.493 e. The molecule has 0 unspecified atom stereocenters. The Bertz CT molecular complexity index is 943.